The highest BCUT2D eigenvalue weighted by Gasteiger charge is 2.25. The summed E-state index contributed by atoms with van der Waals surface area (Å²) in [4.78, 5) is 19.8. The lowest BCUT2D eigenvalue weighted by Gasteiger charge is -2.25. The summed E-state index contributed by atoms with van der Waals surface area (Å²) in [6.07, 6.45) is 3.21. The Labute approximate surface area is 114 Å². The summed E-state index contributed by atoms with van der Waals surface area (Å²) in [6, 6.07) is 1.51. The van der Waals surface area contributed by atoms with E-state index < -0.39 is 11.4 Å². The maximum atomic E-state index is 11.4. The van der Waals surface area contributed by atoms with Crippen LogP contribution in [0.5, 0.6) is 0 Å². The topological polar surface area (TPSA) is 107 Å². The second kappa shape index (κ2) is 4.85. The highest BCUT2D eigenvalue weighted by Crippen LogP contribution is 2.28. The number of anilines is 2. The third-order valence-corrected chi connectivity index (χ3v) is 3.67. The minimum Gasteiger partial charge on any atom is -0.397 e. The number of nitrogen functional groups attached to an aromatic ring is 1. The molecule has 100 valence electrons. The van der Waals surface area contributed by atoms with E-state index in [1.54, 1.807) is 6.20 Å². The first-order chi connectivity index (χ1) is 8.90. The largest absolute Gasteiger partial charge is 0.397 e. The Balaban J connectivity index is 2.36. The third-order valence-electron chi connectivity index (χ3n) is 2.57. The molecule has 0 aliphatic rings. The smallest absolute Gasteiger partial charge is 0.252 e. The Bertz CT molecular complexity index is 594. The van der Waals surface area contributed by atoms with Crippen LogP contribution in [0, 0.1) is 0 Å². The van der Waals surface area contributed by atoms with Gasteiger partial charge in [0.15, 0.2) is 0 Å². The maximum absolute atomic E-state index is 11.4. The van der Waals surface area contributed by atoms with Crippen LogP contribution in [-0.2, 0) is 5.54 Å². The molecule has 0 saturated heterocycles. The molecule has 0 unspecified atom stereocenters. The second-order valence-electron chi connectivity index (χ2n) is 4.62. The molecule has 0 fully saturated rings. The predicted molar refractivity (Wildman–Crippen MR) is 75.9 cm³/mol. The molecule has 2 heterocycles. The van der Waals surface area contributed by atoms with E-state index in [4.69, 9.17) is 11.5 Å². The van der Waals surface area contributed by atoms with E-state index in [2.05, 4.69) is 15.3 Å². The van der Waals surface area contributed by atoms with Gasteiger partial charge in [0.05, 0.1) is 23.0 Å². The molecule has 0 radical (unpaired) electrons. The molecule has 0 spiro atoms. The molecule has 7 heteroatoms. The van der Waals surface area contributed by atoms with Crippen molar-refractivity contribution >= 4 is 28.7 Å². The summed E-state index contributed by atoms with van der Waals surface area (Å²) in [6.45, 7) is 3.91. The van der Waals surface area contributed by atoms with Gasteiger partial charge in [-0.1, -0.05) is 0 Å². The number of carbonyl (C=O) groups is 1. The molecule has 0 bridgehead atoms. The molecule has 5 N–H and O–H groups in total. The number of nitrogens with two attached hydrogens (primary N) is 2. The second-order valence-corrected chi connectivity index (χ2v) is 5.51. The Morgan fingerprint density at radius 1 is 1.42 bits per heavy atom. The standard InChI is InChI=1S/C12H15N5OS/c1-12(2,11-15-3-4-19-11)17-10-8(9(14)18)5-7(13)6-16-10/h3-6H,13H2,1-2H3,(H2,14,18)(H,16,17). The van der Waals surface area contributed by atoms with E-state index in [9.17, 15) is 4.79 Å². The number of rotatable bonds is 4. The molecular formula is C12H15N5OS. The van der Waals surface area contributed by atoms with E-state index in [0.717, 1.165) is 5.01 Å². The Morgan fingerprint density at radius 2 is 2.16 bits per heavy atom. The molecule has 0 saturated carbocycles. The van der Waals surface area contributed by atoms with Crippen molar-refractivity contribution in [2.45, 2.75) is 19.4 Å². The van der Waals surface area contributed by atoms with Crippen LogP contribution in [0.4, 0.5) is 11.5 Å². The SMILES string of the molecule is CC(C)(Nc1ncc(N)cc1C(N)=O)c1nccs1. The van der Waals surface area contributed by atoms with Gasteiger partial charge in [-0.25, -0.2) is 9.97 Å². The Hall–Kier alpha value is -2.15. The quantitative estimate of drug-likeness (QED) is 0.786. The van der Waals surface area contributed by atoms with Gasteiger partial charge in [0, 0.05) is 11.6 Å². The summed E-state index contributed by atoms with van der Waals surface area (Å²) in [7, 11) is 0. The van der Waals surface area contributed by atoms with Crippen molar-refractivity contribution in [3.05, 3.63) is 34.4 Å². The highest BCUT2D eigenvalue weighted by molar-refractivity contribution is 7.09. The van der Waals surface area contributed by atoms with Crippen LogP contribution >= 0.6 is 11.3 Å². The number of hydrogen-bond donors (Lipinski definition) is 3. The van der Waals surface area contributed by atoms with Crippen molar-refractivity contribution in [3.8, 4) is 0 Å². The fourth-order valence-electron chi connectivity index (χ4n) is 1.65. The first-order valence-electron chi connectivity index (χ1n) is 5.63. The summed E-state index contributed by atoms with van der Waals surface area (Å²) < 4.78 is 0. The summed E-state index contributed by atoms with van der Waals surface area (Å²) >= 11 is 1.52. The molecule has 1 amide bonds. The molecule has 0 aromatic carbocycles. The number of amides is 1. The number of carbonyl (C=O) groups excluding carboxylic acids is 1. The summed E-state index contributed by atoms with van der Waals surface area (Å²) in [5, 5.41) is 5.96. The summed E-state index contributed by atoms with van der Waals surface area (Å²) in [5.74, 6) is -0.167. The molecule has 19 heavy (non-hydrogen) atoms. The van der Waals surface area contributed by atoms with Crippen LogP contribution in [0.1, 0.15) is 29.2 Å². The molecule has 2 aromatic heterocycles. The lowest BCUT2D eigenvalue weighted by molar-refractivity contribution is 0.100. The first kappa shape index (κ1) is 13.3. The number of primary amides is 1. The van der Waals surface area contributed by atoms with Crippen LogP contribution in [0.3, 0.4) is 0 Å². The number of thiazole rings is 1. The van der Waals surface area contributed by atoms with E-state index in [0.29, 0.717) is 11.5 Å². The number of nitrogens with zero attached hydrogens (tertiary/aromatic N) is 2. The first-order valence-corrected chi connectivity index (χ1v) is 6.51. The van der Waals surface area contributed by atoms with Crippen LogP contribution in [0.2, 0.25) is 0 Å². The van der Waals surface area contributed by atoms with Crippen molar-refractivity contribution < 1.29 is 4.79 Å². The van der Waals surface area contributed by atoms with Crippen molar-refractivity contribution in [1.29, 1.82) is 0 Å². The molecule has 0 atom stereocenters. The zero-order chi connectivity index (χ0) is 14.0. The van der Waals surface area contributed by atoms with Crippen LogP contribution in [0.15, 0.2) is 23.8 Å². The Morgan fingerprint density at radius 3 is 2.74 bits per heavy atom. The van der Waals surface area contributed by atoms with Gasteiger partial charge >= 0.3 is 0 Å². The van der Waals surface area contributed by atoms with Crippen molar-refractivity contribution in [3.63, 3.8) is 0 Å². The Kier molecular flexibility index (Phi) is 3.39. The van der Waals surface area contributed by atoms with Crippen LogP contribution < -0.4 is 16.8 Å². The lowest BCUT2D eigenvalue weighted by atomic mass is 10.1. The molecule has 2 aromatic rings. The van der Waals surface area contributed by atoms with Gasteiger partial charge in [-0.3, -0.25) is 4.79 Å². The van der Waals surface area contributed by atoms with E-state index in [1.165, 1.54) is 23.6 Å². The van der Waals surface area contributed by atoms with Crippen LogP contribution in [0.25, 0.3) is 0 Å². The van der Waals surface area contributed by atoms with Gasteiger partial charge in [0.1, 0.15) is 10.8 Å². The van der Waals surface area contributed by atoms with Crippen LogP contribution in [-0.4, -0.2) is 15.9 Å². The fraction of sp³-hybridized carbons (Fsp3) is 0.250. The monoisotopic (exact) mass is 277 g/mol. The predicted octanol–water partition coefficient (Wildman–Crippen LogP) is 1.57. The zero-order valence-electron chi connectivity index (χ0n) is 10.7. The van der Waals surface area contributed by atoms with Gasteiger partial charge in [-0.05, 0) is 19.9 Å². The third kappa shape index (κ3) is 2.82. The highest BCUT2D eigenvalue weighted by atomic mass is 32.1. The van der Waals surface area contributed by atoms with Gasteiger partial charge < -0.3 is 16.8 Å². The van der Waals surface area contributed by atoms with Crippen molar-refractivity contribution in [2.75, 3.05) is 11.1 Å². The molecule has 0 aliphatic carbocycles. The van der Waals surface area contributed by atoms with Gasteiger partial charge in [0.25, 0.3) is 5.91 Å². The van der Waals surface area contributed by atoms with Gasteiger partial charge in [-0.15, -0.1) is 11.3 Å². The van der Waals surface area contributed by atoms with E-state index in [1.807, 2.05) is 19.2 Å². The van der Waals surface area contributed by atoms with E-state index >= 15 is 0 Å². The molecule has 2 rings (SSSR count). The maximum Gasteiger partial charge on any atom is 0.252 e. The minimum atomic E-state index is -0.572. The normalized spacial score (nSPS) is 11.3. The number of hydrogen-bond acceptors (Lipinski definition) is 6. The fourth-order valence-corrected chi connectivity index (χ4v) is 2.37. The number of aromatic nitrogens is 2. The molecule has 6 nitrogen and oxygen atoms in total. The van der Waals surface area contributed by atoms with Crippen molar-refractivity contribution in [2.24, 2.45) is 5.73 Å². The lowest BCUT2D eigenvalue weighted by Crippen LogP contribution is -2.30. The van der Waals surface area contributed by atoms with Gasteiger partial charge in [0.2, 0.25) is 0 Å². The average molecular weight is 277 g/mol. The zero-order valence-corrected chi connectivity index (χ0v) is 11.5. The number of pyridine rings is 1. The van der Waals surface area contributed by atoms with Gasteiger partial charge in [-0.2, -0.15) is 0 Å². The molecular weight excluding hydrogens is 262 g/mol. The average Bonchev–Trinajstić information content (AvgIpc) is 2.85. The van der Waals surface area contributed by atoms with Crippen molar-refractivity contribution in [1.82, 2.24) is 9.97 Å². The molecule has 0 aliphatic heterocycles. The summed E-state index contributed by atoms with van der Waals surface area (Å²) in [5.41, 5.74) is 11.2. The van der Waals surface area contributed by atoms with E-state index in [-0.39, 0.29) is 5.56 Å². The minimum absolute atomic E-state index is 0.268. The number of nitrogens with one attached hydrogen (secondary N) is 1.